The summed E-state index contributed by atoms with van der Waals surface area (Å²) in [7, 11) is 1.34. The Balaban J connectivity index is 2.07. The van der Waals surface area contributed by atoms with Gasteiger partial charge in [-0.25, -0.2) is 4.39 Å². The van der Waals surface area contributed by atoms with Gasteiger partial charge in [-0.05, 0) is 42.5 Å². The average molecular weight is 344 g/mol. The molecule has 0 spiro atoms. The molecule has 0 saturated carbocycles. The second kappa shape index (κ2) is 6.82. The third-order valence-corrected chi connectivity index (χ3v) is 3.06. The molecule has 0 heterocycles. The largest absolute Gasteiger partial charge is 0.494 e. The van der Waals surface area contributed by atoms with Crippen molar-refractivity contribution in [3.05, 3.63) is 53.8 Å². The molecule has 2 rings (SSSR count). The Hall–Kier alpha value is -2.35. The number of thiocarbonyl (C=S) groups is 1. The molecule has 23 heavy (non-hydrogen) atoms. The van der Waals surface area contributed by atoms with E-state index in [2.05, 4.69) is 10.6 Å². The van der Waals surface area contributed by atoms with Gasteiger partial charge in [0.2, 0.25) is 0 Å². The van der Waals surface area contributed by atoms with Crippen molar-refractivity contribution in [2.75, 3.05) is 17.7 Å². The fourth-order valence-electron chi connectivity index (χ4n) is 1.81. The van der Waals surface area contributed by atoms with Gasteiger partial charge >= 0.3 is 6.18 Å². The molecule has 0 unspecified atom stereocenters. The molecule has 0 amide bonds. The summed E-state index contributed by atoms with van der Waals surface area (Å²) < 4.78 is 56.3. The lowest BCUT2D eigenvalue weighted by Crippen LogP contribution is -2.19. The van der Waals surface area contributed by atoms with Crippen molar-refractivity contribution in [2.45, 2.75) is 6.18 Å². The van der Waals surface area contributed by atoms with E-state index >= 15 is 0 Å². The van der Waals surface area contributed by atoms with E-state index in [1.807, 2.05) is 0 Å². The number of benzene rings is 2. The topological polar surface area (TPSA) is 33.3 Å². The number of anilines is 2. The van der Waals surface area contributed by atoms with Gasteiger partial charge in [-0.1, -0.05) is 6.07 Å². The highest BCUT2D eigenvalue weighted by molar-refractivity contribution is 7.80. The van der Waals surface area contributed by atoms with Gasteiger partial charge < -0.3 is 15.4 Å². The van der Waals surface area contributed by atoms with Crippen LogP contribution in [-0.4, -0.2) is 12.2 Å². The molecule has 2 aromatic carbocycles. The predicted molar refractivity (Wildman–Crippen MR) is 84.2 cm³/mol. The van der Waals surface area contributed by atoms with E-state index in [0.29, 0.717) is 5.69 Å². The second-order valence-corrected chi connectivity index (χ2v) is 4.92. The first-order valence-corrected chi connectivity index (χ1v) is 6.79. The molecule has 2 aromatic rings. The number of hydrogen-bond acceptors (Lipinski definition) is 2. The number of ether oxygens (including phenoxy) is 1. The molecule has 0 fully saturated rings. The maximum atomic E-state index is 13.6. The number of halogens is 4. The Morgan fingerprint density at radius 2 is 1.70 bits per heavy atom. The minimum absolute atomic E-state index is 0.0360. The fraction of sp³-hybridized carbons (Fsp3) is 0.133. The molecule has 0 aromatic heterocycles. The summed E-state index contributed by atoms with van der Waals surface area (Å²) in [5.41, 5.74) is -0.278. The Bertz CT molecular complexity index is 719. The van der Waals surface area contributed by atoms with E-state index in [9.17, 15) is 17.6 Å². The monoisotopic (exact) mass is 344 g/mol. The summed E-state index contributed by atoms with van der Waals surface area (Å²) in [5, 5.41) is 5.34. The zero-order valence-electron chi connectivity index (χ0n) is 11.9. The van der Waals surface area contributed by atoms with Crippen LogP contribution in [0.2, 0.25) is 0 Å². The van der Waals surface area contributed by atoms with E-state index in [0.717, 1.165) is 12.1 Å². The van der Waals surface area contributed by atoms with Crippen LogP contribution in [0, 0.1) is 5.82 Å². The Morgan fingerprint density at radius 3 is 2.26 bits per heavy atom. The Kier molecular flexibility index (Phi) is 5.05. The van der Waals surface area contributed by atoms with Crippen LogP contribution in [0.25, 0.3) is 0 Å². The summed E-state index contributed by atoms with van der Waals surface area (Å²) >= 11 is 5.00. The first kappa shape index (κ1) is 17.0. The highest BCUT2D eigenvalue weighted by atomic mass is 32.1. The number of methoxy groups -OCH3 is 1. The number of nitrogens with one attached hydrogen (secondary N) is 2. The maximum absolute atomic E-state index is 13.6. The number of hydrogen-bond donors (Lipinski definition) is 2. The summed E-state index contributed by atoms with van der Waals surface area (Å²) in [6, 6.07) is 8.70. The van der Waals surface area contributed by atoms with E-state index < -0.39 is 17.6 Å². The van der Waals surface area contributed by atoms with Crippen LogP contribution < -0.4 is 15.4 Å². The van der Waals surface area contributed by atoms with Crippen LogP contribution in [-0.2, 0) is 6.18 Å². The zero-order valence-corrected chi connectivity index (χ0v) is 12.7. The molecule has 0 atom stereocenters. The van der Waals surface area contributed by atoms with Crippen LogP contribution >= 0.6 is 12.2 Å². The average Bonchev–Trinajstić information content (AvgIpc) is 2.46. The van der Waals surface area contributed by atoms with Crippen LogP contribution in [0.3, 0.4) is 0 Å². The van der Waals surface area contributed by atoms with Crippen molar-refractivity contribution < 1.29 is 22.3 Å². The SMILES string of the molecule is COc1ccc(NC(=S)Nc2cccc(C(F)(F)F)c2)cc1F. The van der Waals surface area contributed by atoms with E-state index in [1.165, 1.54) is 37.4 Å². The van der Waals surface area contributed by atoms with Gasteiger partial charge in [-0.2, -0.15) is 13.2 Å². The minimum Gasteiger partial charge on any atom is -0.494 e. The fourth-order valence-corrected chi connectivity index (χ4v) is 2.05. The molecule has 8 heteroatoms. The number of rotatable bonds is 3. The van der Waals surface area contributed by atoms with Gasteiger partial charge in [0.1, 0.15) is 0 Å². The summed E-state index contributed by atoms with van der Waals surface area (Å²) in [6.07, 6.45) is -4.44. The van der Waals surface area contributed by atoms with Crippen LogP contribution in [0.1, 0.15) is 5.56 Å². The normalized spacial score (nSPS) is 11.0. The van der Waals surface area contributed by atoms with Crippen molar-refractivity contribution in [3.63, 3.8) is 0 Å². The third-order valence-electron chi connectivity index (χ3n) is 2.86. The van der Waals surface area contributed by atoms with Crippen molar-refractivity contribution in [1.82, 2.24) is 0 Å². The lowest BCUT2D eigenvalue weighted by atomic mass is 10.2. The zero-order chi connectivity index (χ0) is 17.0. The first-order valence-electron chi connectivity index (χ1n) is 6.38. The van der Waals surface area contributed by atoms with E-state index in [4.69, 9.17) is 17.0 Å². The van der Waals surface area contributed by atoms with E-state index in [1.54, 1.807) is 0 Å². The standard InChI is InChI=1S/C15H12F4N2OS/c1-22-13-6-5-11(8-12(13)16)21-14(23)20-10-4-2-3-9(7-10)15(17,18)19/h2-8H,1H3,(H2,20,21,23). The Labute approximate surface area is 135 Å². The van der Waals surface area contributed by atoms with Gasteiger partial charge in [0.05, 0.1) is 12.7 Å². The molecule has 122 valence electrons. The lowest BCUT2D eigenvalue weighted by molar-refractivity contribution is -0.137. The molecule has 0 aliphatic heterocycles. The van der Waals surface area contributed by atoms with Gasteiger partial charge in [0.15, 0.2) is 16.7 Å². The van der Waals surface area contributed by atoms with Crippen molar-refractivity contribution in [2.24, 2.45) is 0 Å². The van der Waals surface area contributed by atoms with Gasteiger partial charge in [-0.15, -0.1) is 0 Å². The molecular formula is C15H12F4N2OS. The Morgan fingerprint density at radius 1 is 1.04 bits per heavy atom. The maximum Gasteiger partial charge on any atom is 0.416 e. The highest BCUT2D eigenvalue weighted by Gasteiger charge is 2.30. The molecular weight excluding hydrogens is 332 g/mol. The van der Waals surface area contributed by atoms with Gasteiger partial charge in [-0.3, -0.25) is 0 Å². The molecule has 0 aliphatic rings. The number of alkyl halides is 3. The van der Waals surface area contributed by atoms with Crippen LogP contribution in [0.4, 0.5) is 28.9 Å². The minimum atomic E-state index is -4.44. The molecule has 0 bridgehead atoms. The second-order valence-electron chi connectivity index (χ2n) is 4.51. The van der Waals surface area contributed by atoms with Crippen LogP contribution in [0.15, 0.2) is 42.5 Å². The molecule has 0 aliphatic carbocycles. The first-order chi connectivity index (χ1) is 10.8. The summed E-state index contributed by atoms with van der Waals surface area (Å²) in [6.45, 7) is 0. The van der Waals surface area contributed by atoms with E-state index in [-0.39, 0.29) is 16.5 Å². The lowest BCUT2D eigenvalue weighted by Gasteiger charge is -2.13. The van der Waals surface area contributed by atoms with Gasteiger partial charge in [0, 0.05) is 17.4 Å². The molecule has 0 radical (unpaired) electrons. The van der Waals surface area contributed by atoms with Crippen molar-refractivity contribution in [3.8, 4) is 5.75 Å². The van der Waals surface area contributed by atoms with Crippen molar-refractivity contribution in [1.29, 1.82) is 0 Å². The molecule has 0 saturated heterocycles. The summed E-state index contributed by atoms with van der Waals surface area (Å²) in [4.78, 5) is 0. The highest BCUT2D eigenvalue weighted by Crippen LogP contribution is 2.30. The van der Waals surface area contributed by atoms with Crippen molar-refractivity contribution >= 4 is 28.7 Å². The summed E-state index contributed by atoms with van der Waals surface area (Å²) in [5.74, 6) is -0.508. The smallest absolute Gasteiger partial charge is 0.416 e. The van der Waals surface area contributed by atoms with Crippen LogP contribution in [0.5, 0.6) is 5.75 Å². The molecule has 2 N–H and O–H groups in total. The van der Waals surface area contributed by atoms with Gasteiger partial charge in [0.25, 0.3) is 0 Å². The molecule has 3 nitrogen and oxygen atoms in total. The third kappa shape index (κ3) is 4.56. The predicted octanol–water partition coefficient (Wildman–Crippen LogP) is 4.66. The quantitative estimate of drug-likeness (QED) is 0.627.